The molecule has 5 atom stereocenters. The van der Waals surface area contributed by atoms with E-state index < -0.39 is 6.10 Å². The molecule has 0 radical (unpaired) electrons. The number of carbonyl (C=O) groups excluding carboxylic acids is 1. The summed E-state index contributed by atoms with van der Waals surface area (Å²) < 4.78 is 0. The topological polar surface area (TPSA) is 84.2 Å². The highest BCUT2D eigenvalue weighted by Crippen LogP contribution is 2.67. The van der Waals surface area contributed by atoms with Crippen LogP contribution in [0.3, 0.4) is 0 Å². The molecule has 3 N–H and O–H groups in total. The molecule has 27 heavy (non-hydrogen) atoms. The lowest BCUT2D eigenvalue weighted by Crippen LogP contribution is -2.69. The highest BCUT2D eigenvalue weighted by Gasteiger charge is 2.71. The molecule has 1 aromatic rings. The number of rotatable bonds is 1. The Labute approximate surface area is 159 Å². The zero-order valence-corrected chi connectivity index (χ0v) is 16.0. The zero-order valence-electron chi connectivity index (χ0n) is 16.0. The Bertz CT molecular complexity index is 827. The van der Waals surface area contributed by atoms with Crippen LogP contribution in [0.25, 0.3) is 0 Å². The van der Waals surface area contributed by atoms with E-state index >= 15 is 0 Å². The second-order valence-corrected chi connectivity index (χ2v) is 8.98. The van der Waals surface area contributed by atoms with Crippen LogP contribution in [0.5, 0.6) is 11.5 Å². The van der Waals surface area contributed by atoms with E-state index in [2.05, 4.69) is 11.8 Å². The number of phenolic OH excluding ortho intramolecular Hbond substituents is 2. The molecule has 3 aliphatic heterocycles. The first-order valence-corrected chi connectivity index (χ1v) is 10.1. The van der Waals surface area contributed by atoms with Crippen molar-refractivity contribution in [3.8, 4) is 11.5 Å². The van der Waals surface area contributed by atoms with E-state index in [1.165, 1.54) is 13.0 Å². The highest BCUT2D eigenvalue weighted by molar-refractivity contribution is 5.99. The minimum atomic E-state index is -0.642. The Morgan fingerprint density at radius 1 is 1.26 bits per heavy atom. The van der Waals surface area contributed by atoms with Crippen molar-refractivity contribution in [1.29, 1.82) is 0 Å². The van der Waals surface area contributed by atoms with E-state index in [9.17, 15) is 20.1 Å². The van der Waals surface area contributed by atoms with E-state index in [0.717, 1.165) is 44.3 Å². The van der Waals surface area contributed by atoms with Gasteiger partial charge in [-0.3, -0.25) is 9.69 Å². The largest absolute Gasteiger partial charge is 0.504 e. The molecule has 1 aromatic carbocycles. The van der Waals surface area contributed by atoms with E-state index in [-0.39, 0.29) is 40.3 Å². The number of benzene rings is 1. The first kappa shape index (κ1) is 17.3. The smallest absolute Gasteiger partial charge is 0.224 e. The van der Waals surface area contributed by atoms with Gasteiger partial charge in [-0.1, -0.05) is 13.0 Å². The monoisotopic (exact) mass is 372 g/mol. The molecule has 2 saturated heterocycles. The average molecular weight is 372 g/mol. The third kappa shape index (κ3) is 1.86. The average Bonchev–Trinajstić information content (AvgIpc) is 3.17. The van der Waals surface area contributed by atoms with Gasteiger partial charge in [-0.15, -0.1) is 0 Å². The maximum Gasteiger partial charge on any atom is 0.224 e. The Hall–Kier alpha value is -1.79. The fourth-order valence-corrected chi connectivity index (χ4v) is 7.30. The van der Waals surface area contributed by atoms with Crippen LogP contribution in [0.1, 0.15) is 51.5 Å². The Balaban J connectivity index is 1.82. The van der Waals surface area contributed by atoms with Gasteiger partial charge in [-0.05, 0) is 62.2 Å². The Morgan fingerprint density at radius 3 is 2.74 bits per heavy atom. The van der Waals surface area contributed by atoms with Crippen molar-refractivity contribution in [3.05, 3.63) is 17.7 Å². The molecule has 6 nitrogen and oxygen atoms in total. The fourth-order valence-electron chi connectivity index (χ4n) is 7.30. The Morgan fingerprint density at radius 2 is 2.04 bits per heavy atom. The molecule has 146 valence electrons. The summed E-state index contributed by atoms with van der Waals surface area (Å²) in [6.45, 7) is 5.70. The van der Waals surface area contributed by atoms with E-state index in [4.69, 9.17) is 0 Å². The fraction of sp³-hybridized carbons (Fsp3) is 0.667. The summed E-state index contributed by atoms with van der Waals surface area (Å²) in [4.78, 5) is 16.8. The summed E-state index contributed by atoms with van der Waals surface area (Å²) in [5, 5.41) is 32.1. The summed E-state index contributed by atoms with van der Waals surface area (Å²) in [7, 11) is 0. The standard InChI is InChI=1S/C21H28N2O4/c1-3-20-7-4-9-22-10-8-21(19(20)22)13-5-6-14(25)17(27)16(13)23(12(2)24)18(21)15(26)11-20/h5-6,15,18-19,25-27H,3-4,7-11H2,1-2H3/t15-,18-,19-,20-,21-/m1/s1. The molecule has 0 aromatic heterocycles. The summed E-state index contributed by atoms with van der Waals surface area (Å²) in [6.07, 6.45) is 4.14. The van der Waals surface area contributed by atoms with Crippen LogP contribution in [-0.4, -0.2) is 57.4 Å². The van der Waals surface area contributed by atoms with Crippen molar-refractivity contribution in [2.24, 2.45) is 5.41 Å². The summed E-state index contributed by atoms with van der Waals surface area (Å²) in [5.41, 5.74) is 0.970. The second kappa shape index (κ2) is 5.39. The van der Waals surface area contributed by atoms with Gasteiger partial charge in [0.1, 0.15) is 0 Å². The highest BCUT2D eigenvalue weighted by atomic mass is 16.3. The lowest BCUT2D eigenvalue weighted by molar-refractivity contribution is -0.121. The number of hydrogen-bond acceptors (Lipinski definition) is 5. The number of nitrogens with zero attached hydrogens (tertiary/aromatic N) is 2. The van der Waals surface area contributed by atoms with Gasteiger partial charge in [0.05, 0.1) is 17.8 Å². The van der Waals surface area contributed by atoms with Crippen molar-refractivity contribution < 1.29 is 20.1 Å². The van der Waals surface area contributed by atoms with Crippen LogP contribution in [-0.2, 0) is 10.2 Å². The summed E-state index contributed by atoms with van der Waals surface area (Å²) >= 11 is 0. The number of anilines is 1. The van der Waals surface area contributed by atoms with Gasteiger partial charge >= 0.3 is 0 Å². The minimum absolute atomic E-state index is 0.0300. The van der Waals surface area contributed by atoms with Gasteiger partial charge < -0.3 is 20.2 Å². The number of aromatic hydroxyl groups is 2. The molecule has 1 saturated carbocycles. The third-order valence-corrected chi connectivity index (χ3v) is 8.07. The molecular formula is C21H28N2O4. The van der Waals surface area contributed by atoms with E-state index in [1.54, 1.807) is 4.90 Å². The molecule has 1 spiro atoms. The molecule has 1 amide bonds. The molecule has 0 bridgehead atoms. The van der Waals surface area contributed by atoms with Crippen LogP contribution < -0.4 is 4.90 Å². The zero-order chi connectivity index (χ0) is 19.1. The molecule has 0 unspecified atom stereocenters. The van der Waals surface area contributed by atoms with Crippen LogP contribution >= 0.6 is 0 Å². The van der Waals surface area contributed by atoms with Crippen molar-refractivity contribution in [3.63, 3.8) is 0 Å². The predicted octanol–water partition coefficient (Wildman–Crippen LogP) is 2.10. The lowest BCUT2D eigenvalue weighted by atomic mass is 9.51. The summed E-state index contributed by atoms with van der Waals surface area (Å²) in [6, 6.07) is 3.27. The molecule has 6 heteroatoms. The summed E-state index contributed by atoms with van der Waals surface area (Å²) in [5.74, 6) is -0.656. The molecular weight excluding hydrogens is 344 g/mol. The molecule has 5 rings (SSSR count). The van der Waals surface area contributed by atoms with Crippen molar-refractivity contribution in [2.75, 3.05) is 18.0 Å². The maximum absolute atomic E-state index is 12.7. The first-order chi connectivity index (χ1) is 12.9. The lowest BCUT2D eigenvalue weighted by Gasteiger charge is -2.60. The number of hydrogen-bond donors (Lipinski definition) is 3. The molecule has 4 aliphatic rings. The van der Waals surface area contributed by atoms with Gasteiger partial charge in [0, 0.05) is 18.4 Å². The number of amides is 1. The second-order valence-electron chi connectivity index (χ2n) is 8.98. The normalized spacial score (nSPS) is 39.8. The Kier molecular flexibility index (Phi) is 3.45. The van der Waals surface area contributed by atoms with Crippen molar-refractivity contribution in [1.82, 2.24) is 4.90 Å². The van der Waals surface area contributed by atoms with Crippen molar-refractivity contribution >= 4 is 11.6 Å². The van der Waals surface area contributed by atoms with E-state index in [1.807, 2.05) is 6.07 Å². The predicted molar refractivity (Wildman–Crippen MR) is 101 cm³/mol. The van der Waals surface area contributed by atoms with Crippen LogP contribution in [0.4, 0.5) is 5.69 Å². The third-order valence-electron chi connectivity index (χ3n) is 8.07. The number of fused-ring (bicyclic) bond motifs is 1. The maximum atomic E-state index is 12.7. The minimum Gasteiger partial charge on any atom is -0.504 e. The van der Waals surface area contributed by atoms with Gasteiger partial charge in [0.2, 0.25) is 5.91 Å². The van der Waals surface area contributed by atoms with Crippen LogP contribution in [0.15, 0.2) is 12.1 Å². The van der Waals surface area contributed by atoms with Gasteiger partial charge in [0.15, 0.2) is 11.5 Å². The number of phenols is 2. The quantitative estimate of drug-likeness (QED) is 0.658. The molecule has 3 fully saturated rings. The van der Waals surface area contributed by atoms with Gasteiger partial charge in [0.25, 0.3) is 0 Å². The van der Waals surface area contributed by atoms with Crippen LogP contribution in [0, 0.1) is 5.41 Å². The number of piperidine rings is 1. The molecule has 1 aliphatic carbocycles. The first-order valence-electron chi connectivity index (χ1n) is 10.1. The van der Waals surface area contributed by atoms with Gasteiger partial charge in [-0.2, -0.15) is 0 Å². The van der Waals surface area contributed by atoms with Crippen molar-refractivity contribution in [2.45, 2.75) is 69.6 Å². The number of aliphatic hydroxyl groups excluding tert-OH is 1. The van der Waals surface area contributed by atoms with Gasteiger partial charge in [-0.25, -0.2) is 0 Å². The number of aliphatic hydroxyl groups is 1. The molecule has 3 heterocycles. The SMILES string of the molecule is CC[C@@]12CCCN3CC[C@]4(c5ccc(O)c(O)c5N(C(C)=O)[C@@H]4[C@H](O)C1)[C@H]32. The van der Waals surface area contributed by atoms with Crippen LogP contribution in [0.2, 0.25) is 0 Å². The number of carbonyl (C=O) groups is 1. The van der Waals surface area contributed by atoms with E-state index in [0.29, 0.717) is 12.1 Å².